The highest BCUT2D eigenvalue weighted by Gasteiger charge is 2.51. The molecule has 0 aliphatic carbocycles. The van der Waals surface area contributed by atoms with E-state index >= 15 is 0 Å². The summed E-state index contributed by atoms with van der Waals surface area (Å²) in [6.07, 6.45) is 1.89. The Kier molecular flexibility index (Phi) is 5.63. The van der Waals surface area contributed by atoms with Crippen molar-refractivity contribution in [3.63, 3.8) is 0 Å². The zero-order valence-electron chi connectivity index (χ0n) is 16.7. The minimum absolute atomic E-state index is 0.328. The molecular formula is C24H21N5O2. The first kappa shape index (κ1) is 20.1. The van der Waals surface area contributed by atoms with Crippen molar-refractivity contribution in [2.24, 2.45) is 5.92 Å². The number of pyridine rings is 1. The molecule has 1 aliphatic rings. The van der Waals surface area contributed by atoms with E-state index in [1.165, 1.54) is 0 Å². The number of hydrogen-bond donors (Lipinski definition) is 2. The van der Waals surface area contributed by atoms with Crippen molar-refractivity contribution in [1.29, 1.82) is 5.26 Å². The van der Waals surface area contributed by atoms with E-state index in [0.29, 0.717) is 12.2 Å². The smallest absolute Gasteiger partial charge is 0.326 e. The molecule has 2 unspecified atom stereocenters. The number of anilines is 1. The SMILES string of the molecule is N#CC1C(Cc2ccnc(N)c2)C(=O)N1C(=O)NC(c1ccccc1)c1ccccc1. The number of β-lactam (4-membered cyclic amide) rings is 1. The number of amides is 3. The Morgan fingerprint density at radius 2 is 1.71 bits per heavy atom. The lowest BCUT2D eigenvalue weighted by Gasteiger charge is -2.42. The largest absolute Gasteiger partial charge is 0.384 e. The van der Waals surface area contributed by atoms with E-state index < -0.39 is 24.0 Å². The van der Waals surface area contributed by atoms with Crippen LogP contribution in [0.3, 0.4) is 0 Å². The van der Waals surface area contributed by atoms with Gasteiger partial charge in [-0.25, -0.2) is 14.7 Å². The maximum atomic E-state index is 13.0. The molecule has 7 heteroatoms. The van der Waals surface area contributed by atoms with Gasteiger partial charge in [-0.05, 0) is 35.2 Å². The van der Waals surface area contributed by atoms with Gasteiger partial charge in [-0.3, -0.25) is 4.79 Å². The molecule has 3 N–H and O–H groups in total. The molecule has 0 bridgehead atoms. The van der Waals surface area contributed by atoms with Crippen LogP contribution < -0.4 is 11.1 Å². The Bertz CT molecular complexity index is 1090. The second-order valence-electron chi connectivity index (χ2n) is 7.39. The molecule has 4 rings (SSSR count). The molecule has 2 aromatic carbocycles. The number of carbonyl (C=O) groups is 2. The number of nitrogens with one attached hydrogen (secondary N) is 1. The van der Waals surface area contributed by atoms with E-state index in [9.17, 15) is 14.9 Å². The van der Waals surface area contributed by atoms with E-state index in [2.05, 4.69) is 16.4 Å². The number of imide groups is 1. The molecule has 0 saturated carbocycles. The molecule has 31 heavy (non-hydrogen) atoms. The molecular weight excluding hydrogens is 390 g/mol. The first-order valence-corrected chi connectivity index (χ1v) is 9.92. The van der Waals surface area contributed by atoms with Gasteiger partial charge in [-0.2, -0.15) is 5.26 Å². The van der Waals surface area contributed by atoms with Gasteiger partial charge < -0.3 is 11.1 Å². The number of rotatable bonds is 5. The molecule has 154 valence electrons. The van der Waals surface area contributed by atoms with Gasteiger partial charge in [0.25, 0.3) is 0 Å². The van der Waals surface area contributed by atoms with E-state index in [4.69, 9.17) is 5.73 Å². The van der Waals surface area contributed by atoms with Gasteiger partial charge >= 0.3 is 6.03 Å². The van der Waals surface area contributed by atoms with Crippen molar-refractivity contribution >= 4 is 17.8 Å². The normalized spacial score (nSPS) is 17.7. The Morgan fingerprint density at radius 1 is 1.10 bits per heavy atom. The van der Waals surface area contributed by atoms with Crippen LogP contribution in [-0.2, 0) is 11.2 Å². The topological polar surface area (TPSA) is 112 Å². The van der Waals surface area contributed by atoms with Crippen molar-refractivity contribution < 1.29 is 9.59 Å². The molecule has 1 aliphatic heterocycles. The minimum atomic E-state index is -0.839. The third-order valence-corrected chi connectivity index (χ3v) is 5.40. The summed E-state index contributed by atoms with van der Waals surface area (Å²) in [5, 5.41) is 12.6. The zero-order chi connectivity index (χ0) is 21.8. The average molecular weight is 411 g/mol. The number of nitriles is 1. The van der Waals surface area contributed by atoms with E-state index in [1.807, 2.05) is 60.7 Å². The number of likely N-dealkylation sites (tertiary alicyclic amines) is 1. The Hall–Kier alpha value is -4.18. The number of nitrogen functional groups attached to an aromatic ring is 1. The van der Waals surface area contributed by atoms with E-state index in [1.54, 1.807) is 18.3 Å². The lowest BCUT2D eigenvalue weighted by atomic mass is 9.83. The Labute approximate surface area is 180 Å². The maximum Gasteiger partial charge on any atom is 0.326 e. The number of urea groups is 1. The van der Waals surface area contributed by atoms with Gasteiger partial charge in [-0.1, -0.05) is 60.7 Å². The van der Waals surface area contributed by atoms with Crippen LogP contribution in [0, 0.1) is 17.2 Å². The fourth-order valence-electron chi connectivity index (χ4n) is 3.84. The van der Waals surface area contributed by atoms with Gasteiger partial charge in [0.2, 0.25) is 5.91 Å². The van der Waals surface area contributed by atoms with E-state index in [0.717, 1.165) is 21.6 Å². The number of aromatic nitrogens is 1. The highest BCUT2D eigenvalue weighted by Crippen LogP contribution is 2.31. The lowest BCUT2D eigenvalue weighted by Crippen LogP contribution is -2.65. The fraction of sp³-hybridized carbons (Fsp3) is 0.167. The van der Waals surface area contributed by atoms with Crippen molar-refractivity contribution in [1.82, 2.24) is 15.2 Å². The maximum absolute atomic E-state index is 13.0. The minimum Gasteiger partial charge on any atom is -0.384 e. The number of nitrogens with two attached hydrogens (primary N) is 1. The predicted octanol–water partition coefficient (Wildman–Crippen LogP) is 3.06. The molecule has 3 aromatic rings. The Morgan fingerprint density at radius 3 is 2.26 bits per heavy atom. The number of hydrogen-bond acceptors (Lipinski definition) is 5. The van der Waals surface area contributed by atoms with Crippen LogP contribution in [-0.4, -0.2) is 27.9 Å². The Balaban J connectivity index is 1.53. The van der Waals surface area contributed by atoms with Crippen LogP contribution in [0.4, 0.5) is 10.6 Å². The molecule has 2 heterocycles. The first-order chi connectivity index (χ1) is 15.1. The van der Waals surface area contributed by atoms with Crippen LogP contribution in [0.5, 0.6) is 0 Å². The van der Waals surface area contributed by atoms with Gasteiger partial charge in [-0.15, -0.1) is 0 Å². The summed E-state index contributed by atoms with van der Waals surface area (Å²) >= 11 is 0. The summed E-state index contributed by atoms with van der Waals surface area (Å²) in [5.41, 5.74) is 8.27. The first-order valence-electron chi connectivity index (χ1n) is 9.92. The van der Waals surface area contributed by atoms with Crippen LogP contribution in [0.1, 0.15) is 22.7 Å². The zero-order valence-corrected chi connectivity index (χ0v) is 16.7. The van der Waals surface area contributed by atoms with Crippen molar-refractivity contribution in [2.45, 2.75) is 18.5 Å². The second kappa shape index (κ2) is 8.67. The highest BCUT2D eigenvalue weighted by molar-refractivity contribution is 6.02. The quantitative estimate of drug-likeness (QED) is 0.627. The summed E-state index contributed by atoms with van der Waals surface area (Å²) in [4.78, 5) is 30.8. The second-order valence-corrected chi connectivity index (χ2v) is 7.39. The summed E-state index contributed by atoms with van der Waals surface area (Å²) in [6.45, 7) is 0. The summed E-state index contributed by atoms with van der Waals surface area (Å²) in [6, 6.07) is 22.7. The number of carbonyl (C=O) groups excluding carboxylic acids is 2. The fourth-order valence-corrected chi connectivity index (χ4v) is 3.84. The third-order valence-electron chi connectivity index (χ3n) is 5.40. The molecule has 7 nitrogen and oxygen atoms in total. The third kappa shape index (κ3) is 4.09. The van der Waals surface area contributed by atoms with Crippen molar-refractivity contribution in [3.8, 4) is 6.07 Å². The highest BCUT2D eigenvalue weighted by atomic mass is 16.2. The molecule has 1 aromatic heterocycles. The van der Waals surface area contributed by atoms with Crippen LogP contribution >= 0.6 is 0 Å². The molecule has 2 atom stereocenters. The van der Waals surface area contributed by atoms with Gasteiger partial charge in [0.05, 0.1) is 18.0 Å². The average Bonchev–Trinajstić information content (AvgIpc) is 2.80. The molecule has 1 fully saturated rings. The summed E-state index contributed by atoms with van der Waals surface area (Å²) in [7, 11) is 0. The number of nitrogens with zero attached hydrogens (tertiary/aromatic N) is 3. The van der Waals surface area contributed by atoms with Crippen LogP contribution in [0.2, 0.25) is 0 Å². The molecule has 1 saturated heterocycles. The van der Waals surface area contributed by atoms with E-state index in [-0.39, 0.29) is 5.91 Å². The predicted molar refractivity (Wildman–Crippen MR) is 115 cm³/mol. The lowest BCUT2D eigenvalue weighted by molar-refractivity contribution is -0.146. The van der Waals surface area contributed by atoms with Gasteiger partial charge in [0.1, 0.15) is 11.9 Å². The molecule has 0 spiro atoms. The molecule has 3 amide bonds. The van der Waals surface area contributed by atoms with Crippen LogP contribution in [0.15, 0.2) is 79.0 Å². The number of benzene rings is 2. The van der Waals surface area contributed by atoms with Gasteiger partial charge in [0.15, 0.2) is 0 Å². The summed E-state index contributed by atoms with van der Waals surface area (Å²) < 4.78 is 0. The van der Waals surface area contributed by atoms with Crippen molar-refractivity contribution in [2.75, 3.05) is 5.73 Å². The standard InChI is InChI=1S/C24H21N5O2/c25-15-20-19(13-16-11-12-27-21(26)14-16)23(30)29(20)24(31)28-22(17-7-3-1-4-8-17)18-9-5-2-6-10-18/h1-12,14,19-20,22H,13H2,(H2,26,27)(H,28,31). The monoisotopic (exact) mass is 411 g/mol. The summed E-state index contributed by atoms with van der Waals surface area (Å²) in [5.74, 6) is -0.621. The van der Waals surface area contributed by atoms with Crippen molar-refractivity contribution in [3.05, 3.63) is 95.7 Å². The molecule has 0 radical (unpaired) electrons. The van der Waals surface area contributed by atoms with Crippen LogP contribution in [0.25, 0.3) is 0 Å². The van der Waals surface area contributed by atoms with Gasteiger partial charge in [0, 0.05) is 6.20 Å².